The molecule has 8 heteroatoms. The van der Waals surface area contributed by atoms with Crippen LogP contribution in [0.15, 0.2) is 63.8 Å². The average molecular weight is 436 g/mol. The van der Waals surface area contributed by atoms with Crippen LogP contribution in [0.25, 0.3) is 11.0 Å². The van der Waals surface area contributed by atoms with E-state index in [1.165, 1.54) is 13.2 Å². The molecule has 1 unspecified atom stereocenters. The molecule has 8 nitrogen and oxygen atoms in total. The summed E-state index contributed by atoms with van der Waals surface area (Å²) in [4.78, 5) is 38.8. The third-order valence-electron chi connectivity index (χ3n) is 5.47. The van der Waals surface area contributed by atoms with Gasteiger partial charge in [-0.15, -0.1) is 0 Å². The maximum absolute atomic E-state index is 12.7. The van der Waals surface area contributed by atoms with Gasteiger partial charge in [0.05, 0.1) is 13.0 Å². The van der Waals surface area contributed by atoms with Crippen LogP contribution in [-0.4, -0.2) is 37.1 Å². The Morgan fingerprint density at radius 2 is 1.97 bits per heavy atom. The zero-order chi connectivity index (χ0) is 22.5. The van der Waals surface area contributed by atoms with Crippen molar-refractivity contribution < 1.29 is 23.5 Å². The molecule has 0 spiro atoms. The molecule has 0 bridgehead atoms. The molecular weight excluding hydrogens is 412 g/mol. The van der Waals surface area contributed by atoms with Crippen LogP contribution in [0, 0.1) is 5.92 Å². The van der Waals surface area contributed by atoms with Crippen molar-refractivity contribution in [2.24, 2.45) is 5.92 Å². The molecule has 1 fully saturated rings. The summed E-state index contributed by atoms with van der Waals surface area (Å²) in [6.45, 7) is 0.807. The predicted octanol–water partition coefficient (Wildman–Crippen LogP) is 3.79. The molecule has 1 atom stereocenters. The highest BCUT2D eigenvalue weighted by atomic mass is 16.5. The van der Waals surface area contributed by atoms with Crippen molar-refractivity contribution in [3.8, 4) is 5.75 Å². The first-order valence-electron chi connectivity index (χ1n) is 10.4. The van der Waals surface area contributed by atoms with Gasteiger partial charge in [-0.2, -0.15) is 0 Å². The second kappa shape index (κ2) is 9.55. The summed E-state index contributed by atoms with van der Waals surface area (Å²) in [5.74, 6) is -0.250. The van der Waals surface area contributed by atoms with E-state index in [9.17, 15) is 14.4 Å². The number of methoxy groups -OCH3 is 1. The van der Waals surface area contributed by atoms with Crippen LogP contribution in [0.1, 0.15) is 18.4 Å². The second-order valence-electron chi connectivity index (χ2n) is 7.64. The fourth-order valence-corrected chi connectivity index (χ4v) is 3.80. The molecule has 2 amide bonds. The maximum atomic E-state index is 12.7. The first-order chi connectivity index (χ1) is 15.5. The summed E-state index contributed by atoms with van der Waals surface area (Å²) in [5, 5.41) is 3.52. The van der Waals surface area contributed by atoms with Crippen molar-refractivity contribution in [2.45, 2.75) is 19.4 Å². The number of urea groups is 1. The van der Waals surface area contributed by atoms with Gasteiger partial charge >= 0.3 is 17.6 Å². The van der Waals surface area contributed by atoms with Gasteiger partial charge in [-0.3, -0.25) is 4.79 Å². The quantitative estimate of drug-likeness (QED) is 0.483. The van der Waals surface area contributed by atoms with Crippen LogP contribution in [0.4, 0.5) is 10.5 Å². The normalized spacial score (nSPS) is 15.9. The number of ether oxygens (including phenoxy) is 2. The summed E-state index contributed by atoms with van der Waals surface area (Å²) >= 11 is 0. The molecule has 1 aliphatic rings. The van der Waals surface area contributed by atoms with Crippen LogP contribution < -0.4 is 15.7 Å². The lowest BCUT2D eigenvalue weighted by atomic mass is 9.98. The fraction of sp³-hybridized carbons (Fsp3) is 0.292. The van der Waals surface area contributed by atoms with Crippen molar-refractivity contribution >= 4 is 28.7 Å². The maximum Gasteiger partial charge on any atom is 0.336 e. The zero-order valence-electron chi connectivity index (χ0n) is 17.7. The van der Waals surface area contributed by atoms with E-state index in [4.69, 9.17) is 13.9 Å². The molecule has 166 valence electrons. The number of hydrogen-bond donors (Lipinski definition) is 1. The van der Waals surface area contributed by atoms with Crippen molar-refractivity contribution in [1.82, 2.24) is 4.90 Å². The van der Waals surface area contributed by atoms with Gasteiger partial charge in [-0.25, -0.2) is 9.59 Å². The van der Waals surface area contributed by atoms with Crippen molar-refractivity contribution in [3.63, 3.8) is 0 Å². The average Bonchev–Trinajstić information content (AvgIpc) is 2.82. The Morgan fingerprint density at radius 3 is 2.75 bits per heavy atom. The van der Waals surface area contributed by atoms with Gasteiger partial charge in [0.1, 0.15) is 17.9 Å². The van der Waals surface area contributed by atoms with Crippen molar-refractivity contribution in [2.75, 3.05) is 25.5 Å². The lowest BCUT2D eigenvalue weighted by Crippen LogP contribution is -2.44. The van der Waals surface area contributed by atoms with Crippen LogP contribution in [0.3, 0.4) is 0 Å². The Morgan fingerprint density at radius 1 is 1.16 bits per heavy atom. The number of piperidine rings is 1. The minimum Gasteiger partial charge on any atom is -0.497 e. The van der Waals surface area contributed by atoms with E-state index in [-0.39, 0.29) is 19.2 Å². The van der Waals surface area contributed by atoms with Crippen LogP contribution >= 0.6 is 0 Å². The monoisotopic (exact) mass is 436 g/mol. The summed E-state index contributed by atoms with van der Waals surface area (Å²) in [7, 11) is 1.53. The number of benzene rings is 2. The number of likely N-dealkylation sites (tertiary alicyclic amines) is 1. The van der Waals surface area contributed by atoms with Crippen LogP contribution in [0.2, 0.25) is 0 Å². The first-order valence-corrected chi connectivity index (χ1v) is 10.4. The number of esters is 1. The van der Waals surface area contributed by atoms with Gasteiger partial charge in [0.25, 0.3) is 0 Å². The first kappa shape index (κ1) is 21.4. The number of hydrogen-bond acceptors (Lipinski definition) is 6. The SMILES string of the molecule is COc1ccc2c(COC(=O)C3CCCN(C(=O)Nc4ccccc4)C3)cc(=O)oc2c1. The molecule has 0 radical (unpaired) electrons. The molecular formula is C24H24N2O6. The van der Waals surface area contributed by atoms with E-state index in [1.54, 1.807) is 23.1 Å². The molecule has 1 N–H and O–H groups in total. The third kappa shape index (κ3) is 4.91. The molecule has 32 heavy (non-hydrogen) atoms. The summed E-state index contributed by atoms with van der Waals surface area (Å²) < 4.78 is 15.9. The minimum absolute atomic E-state index is 0.0556. The number of nitrogens with zero attached hydrogens (tertiary/aromatic N) is 1. The van der Waals surface area contributed by atoms with E-state index in [0.717, 1.165) is 0 Å². The van der Waals surface area contributed by atoms with Gasteiger partial charge in [0, 0.05) is 41.9 Å². The van der Waals surface area contributed by atoms with E-state index >= 15 is 0 Å². The van der Waals surface area contributed by atoms with Gasteiger partial charge in [-0.1, -0.05) is 18.2 Å². The Bertz CT molecular complexity index is 1170. The molecule has 1 saturated heterocycles. The molecule has 3 aromatic rings. The Hall–Kier alpha value is -3.81. The predicted molar refractivity (Wildman–Crippen MR) is 119 cm³/mol. The van der Waals surface area contributed by atoms with Gasteiger partial charge in [-0.05, 0) is 37.1 Å². The number of amides is 2. The molecule has 0 aliphatic carbocycles. The molecule has 1 aromatic heterocycles. The van der Waals surface area contributed by atoms with E-state index < -0.39 is 17.5 Å². The van der Waals surface area contributed by atoms with Gasteiger partial charge in [0.15, 0.2) is 0 Å². The lowest BCUT2D eigenvalue weighted by Gasteiger charge is -2.31. The number of para-hydroxylation sites is 1. The number of carbonyl (C=O) groups excluding carboxylic acids is 2. The van der Waals surface area contributed by atoms with E-state index in [1.807, 2.05) is 30.3 Å². The Labute approximate surface area is 184 Å². The second-order valence-corrected chi connectivity index (χ2v) is 7.64. The topological polar surface area (TPSA) is 98.1 Å². The zero-order valence-corrected chi connectivity index (χ0v) is 17.7. The highest BCUT2D eigenvalue weighted by Crippen LogP contribution is 2.24. The minimum atomic E-state index is -0.529. The van der Waals surface area contributed by atoms with Gasteiger partial charge in [0.2, 0.25) is 0 Å². The molecule has 1 aliphatic heterocycles. The third-order valence-corrected chi connectivity index (χ3v) is 5.47. The molecule has 2 heterocycles. The summed E-state index contributed by atoms with van der Waals surface area (Å²) in [5.41, 5.74) is 1.10. The van der Waals surface area contributed by atoms with Crippen LogP contribution in [0.5, 0.6) is 5.75 Å². The largest absolute Gasteiger partial charge is 0.497 e. The fourth-order valence-electron chi connectivity index (χ4n) is 3.80. The molecule has 4 rings (SSSR count). The number of carbonyl (C=O) groups is 2. The Balaban J connectivity index is 1.40. The molecule has 0 saturated carbocycles. The highest BCUT2D eigenvalue weighted by molar-refractivity contribution is 5.89. The van der Waals surface area contributed by atoms with Crippen molar-refractivity contribution in [1.29, 1.82) is 0 Å². The van der Waals surface area contributed by atoms with Crippen LogP contribution in [-0.2, 0) is 16.1 Å². The highest BCUT2D eigenvalue weighted by Gasteiger charge is 2.29. The summed E-state index contributed by atoms with van der Waals surface area (Å²) in [6, 6.07) is 15.4. The van der Waals surface area contributed by atoms with E-state index in [0.29, 0.717) is 47.4 Å². The summed E-state index contributed by atoms with van der Waals surface area (Å²) in [6.07, 6.45) is 1.35. The number of fused-ring (bicyclic) bond motifs is 1. The van der Waals surface area contributed by atoms with E-state index in [2.05, 4.69) is 5.32 Å². The number of anilines is 1. The standard InChI is InChI=1S/C24H24N2O6/c1-30-19-9-10-20-17(12-22(27)32-21(20)13-19)15-31-23(28)16-6-5-11-26(14-16)24(29)25-18-7-3-2-4-8-18/h2-4,7-10,12-13,16H,5-6,11,14-15H2,1H3,(H,25,29). The smallest absolute Gasteiger partial charge is 0.336 e. The molecule has 2 aromatic carbocycles. The van der Waals surface area contributed by atoms with Gasteiger partial charge < -0.3 is 24.1 Å². The number of nitrogens with one attached hydrogen (secondary N) is 1. The Kier molecular flexibility index (Phi) is 6.39. The van der Waals surface area contributed by atoms with Crippen molar-refractivity contribution in [3.05, 3.63) is 70.6 Å². The number of rotatable bonds is 5. The lowest BCUT2D eigenvalue weighted by molar-refractivity contribution is -0.151.